The monoisotopic (exact) mass is 406 g/mol. The van der Waals surface area contributed by atoms with Crippen molar-refractivity contribution in [2.75, 3.05) is 31.6 Å². The third-order valence-corrected chi connectivity index (χ3v) is 7.12. The van der Waals surface area contributed by atoms with Crippen molar-refractivity contribution in [2.24, 2.45) is 0 Å². The van der Waals surface area contributed by atoms with Gasteiger partial charge in [0, 0.05) is 18.8 Å². The van der Waals surface area contributed by atoms with Gasteiger partial charge in [-0.05, 0) is 51.0 Å². The second-order valence-electron chi connectivity index (χ2n) is 7.02. The van der Waals surface area contributed by atoms with E-state index in [0.717, 1.165) is 11.1 Å². The van der Waals surface area contributed by atoms with Crippen LogP contribution < -0.4 is 5.32 Å². The van der Waals surface area contributed by atoms with E-state index in [4.69, 9.17) is 4.74 Å². The predicted molar refractivity (Wildman–Crippen MR) is 106 cm³/mol. The van der Waals surface area contributed by atoms with Crippen LogP contribution in [0.4, 0.5) is 5.69 Å². The van der Waals surface area contributed by atoms with Crippen LogP contribution in [0.1, 0.15) is 22.5 Å². The first-order chi connectivity index (χ1) is 13.2. The van der Waals surface area contributed by atoms with Crippen LogP contribution in [0.2, 0.25) is 0 Å². The predicted octanol–water partition coefficient (Wildman–Crippen LogP) is 1.78. The highest BCUT2D eigenvalue weighted by molar-refractivity contribution is 7.89. The van der Waals surface area contributed by atoms with Crippen LogP contribution in [-0.4, -0.2) is 54.7 Å². The first-order valence-electron chi connectivity index (χ1n) is 9.19. The molecular formula is C19H26N4O4S. The molecule has 2 aromatic rings. The number of hydrogen-bond donors (Lipinski definition) is 1. The molecule has 9 heteroatoms. The molecule has 28 heavy (non-hydrogen) atoms. The minimum absolute atomic E-state index is 0.0573. The van der Waals surface area contributed by atoms with E-state index in [1.807, 2.05) is 32.0 Å². The van der Waals surface area contributed by atoms with Crippen molar-refractivity contribution in [1.29, 1.82) is 0 Å². The van der Waals surface area contributed by atoms with Gasteiger partial charge in [0.2, 0.25) is 15.9 Å². The standard InChI is InChI=1S/C19H26N4O4S/c1-13-5-6-17(11-14(13)2)20-18(24)12-23-16(4)19(15(3)21-23)28(25,26)22-7-9-27-10-8-22/h5-6,11H,7-10,12H2,1-4H3,(H,20,24). The highest BCUT2D eigenvalue weighted by Crippen LogP contribution is 2.24. The largest absolute Gasteiger partial charge is 0.379 e. The van der Waals surface area contributed by atoms with Crippen molar-refractivity contribution in [3.8, 4) is 0 Å². The third kappa shape index (κ3) is 4.11. The summed E-state index contributed by atoms with van der Waals surface area (Å²) in [6.45, 7) is 8.65. The van der Waals surface area contributed by atoms with Gasteiger partial charge in [0.25, 0.3) is 0 Å². The Kier molecular flexibility index (Phi) is 5.87. The van der Waals surface area contributed by atoms with Gasteiger partial charge in [0.1, 0.15) is 11.4 Å². The molecule has 1 N–H and O–H groups in total. The highest BCUT2D eigenvalue weighted by atomic mass is 32.2. The number of carbonyl (C=O) groups is 1. The molecule has 1 aromatic carbocycles. The Morgan fingerprint density at radius 3 is 2.46 bits per heavy atom. The van der Waals surface area contributed by atoms with Gasteiger partial charge < -0.3 is 10.1 Å². The van der Waals surface area contributed by atoms with E-state index >= 15 is 0 Å². The van der Waals surface area contributed by atoms with Crippen LogP contribution in [0.15, 0.2) is 23.1 Å². The summed E-state index contributed by atoms with van der Waals surface area (Å²) in [6.07, 6.45) is 0. The third-order valence-electron chi connectivity index (χ3n) is 4.97. The minimum atomic E-state index is -3.67. The number of rotatable bonds is 5. The summed E-state index contributed by atoms with van der Waals surface area (Å²) in [5.41, 5.74) is 3.79. The van der Waals surface area contributed by atoms with Crippen molar-refractivity contribution in [3.63, 3.8) is 0 Å². The number of carbonyl (C=O) groups excluding carboxylic acids is 1. The SMILES string of the molecule is Cc1ccc(NC(=O)Cn2nc(C)c(S(=O)(=O)N3CCOCC3)c2C)cc1C. The van der Waals surface area contributed by atoms with Crippen LogP contribution in [0.25, 0.3) is 0 Å². The molecule has 2 heterocycles. The number of benzene rings is 1. The molecule has 0 atom stereocenters. The van der Waals surface area contributed by atoms with Crippen LogP contribution in [0.5, 0.6) is 0 Å². The molecule has 1 aliphatic rings. The van der Waals surface area contributed by atoms with E-state index in [1.54, 1.807) is 13.8 Å². The van der Waals surface area contributed by atoms with Crippen molar-refractivity contribution < 1.29 is 17.9 Å². The number of aryl methyl sites for hydroxylation is 3. The highest BCUT2D eigenvalue weighted by Gasteiger charge is 2.32. The van der Waals surface area contributed by atoms with Crippen molar-refractivity contribution in [2.45, 2.75) is 39.1 Å². The lowest BCUT2D eigenvalue weighted by atomic mass is 10.1. The number of nitrogens with one attached hydrogen (secondary N) is 1. The van der Waals surface area contributed by atoms with E-state index in [2.05, 4.69) is 10.4 Å². The Morgan fingerprint density at radius 1 is 1.14 bits per heavy atom. The van der Waals surface area contributed by atoms with Crippen molar-refractivity contribution in [3.05, 3.63) is 40.7 Å². The van der Waals surface area contributed by atoms with E-state index < -0.39 is 10.0 Å². The lowest BCUT2D eigenvalue weighted by Crippen LogP contribution is -2.41. The number of ether oxygens (including phenoxy) is 1. The number of sulfonamides is 1. The summed E-state index contributed by atoms with van der Waals surface area (Å²) in [7, 11) is -3.67. The van der Waals surface area contributed by atoms with E-state index in [1.165, 1.54) is 8.99 Å². The maximum absolute atomic E-state index is 13.0. The molecule has 0 spiro atoms. The molecule has 1 saturated heterocycles. The van der Waals surface area contributed by atoms with Gasteiger partial charge in [-0.2, -0.15) is 9.40 Å². The van der Waals surface area contributed by atoms with Crippen LogP contribution >= 0.6 is 0 Å². The Bertz CT molecular complexity index is 992. The second-order valence-corrected chi connectivity index (χ2v) is 8.90. The molecule has 0 saturated carbocycles. The van der Waals surface area contributed by atoms with Gasteiger partial charge in [-0.25, -0.2) is 8.42 Å². The second kappa shape index (κ2) is 8.02. The summed E-state index contributed by atoms with van der Waals surface area (Å²) in [5, 5.41) is 7.14. The van der Waals surface area contributed by atoms with Gasteiger partial charge in [0.05, 0.1) is 24.6 Å². The Hall–Kier alpha value is -2.23. The average molecular weight is 407 g/mol. The van der Waals surface area contributed by atoms with E-state index in [0.29, 0.717) is 43.4 Å². The maximum atomic E-state index is 13.0. The summed E-state index contributed by atoms with van der Waals surface area (Å²) >= 11 is 0. The van der Waals surface area contributed by atoms with Gasteiger partial charge in [-0.1, -0.05) is 6.07 Å². The number of hydrogen-bond acceptors (Lipinski definition) is 5. The number of aromatic nitrogens is 2. The molecule has 0 radical (unpaired) electrons. The minimum Gasteiger partial charge on any atom is -0.379 e. The molecule has 1 amide bonds. The van der Waals surface area contributed by atoms with Gasteiger partial charge in [0.15, 0.2) is 0 Å². The Morgan fingerprint density at radius 2 is 1.82 bits per heavy atom. The van der Waals surface area contributed by atoms with Crippen LogP contribution in [0.3, 0.4) is 0 Å². The van der Waals surface area contributed by atoms with Gasteiger partial charge in [-0.15, -0.1) is 0 Å². The fraction of sp³-hybridized carbons (Fsp3) is 0.474. The zero-order valence-corrected chi connectivity index (χ0v) is 17.5. The molecule has 3 rings (SSSR count). The lowest BCUT2D eigenvalue weighted by molar-refractivity contribution is -0.116. The lowest BCUT2D eigenvalue weighted by Gasteiger charge is -2.26. The molecule has 1 aromatic heterocycles. The van der Waals surface area contributed by atoms with Crippen LogP contribution in [0, 0.1) is 27.7 Å². The molecule has 0 bridgehead atoms. The number of amides is 1. The average Bonchev–Trinajstić information content (AvgIpc) is 2.92. The summed E-state index contributed by atoms with van der Waals surface area (Å²) < 4.78 is 34.1. The molecule has 0 unspecified atom stereocenters. The topological polar surface area (TPSA) is 93.5 Å². The van der Waals surface area contributed by atoms with E-state index in [-0.39, 0.29) is 17.3 Å². The summed E-state index contributed by atoms with van der Waals surface area (Å²) in [4.78, 5) is 12.6. The molecule has 0 aliphatic carbocycles. The van der Waals surface area contributed by atoms with E-state index in [9.17, 15) is 13.2 Å². The van der Waals surface area contributed by atoms with Crippen LogP contribution in [-0.2, 0) is 26.1 Å². The quantitative estimate of drug-likeness (QED) is 0.817. The molecule has 8 nitrogen and oxygen atoms in total. The van der Waals surface area contributed by atoms with Crippen molar-refractivity contribution >= 4 is 21.6 Å². The number of morpholine rings is 1. The number of anilines is 1. The molecule has 1 fully saturated rings. The zero-order chi connectivity index (χ0) is 20.5. The summed E-state index contributed by atoms with van der Waals surface area (Å²) in [6, 6.07) is 5.69. The van der Waals surface area contributed by atoms with Gasteiger partial charge >= 0.3 is 0 Å². The fourth-order valence-electron chi connectivity index (χ4n) is 3.28. The van der Waals surface area contributed by atoms with Crippen molar-refractivity contribution in [1.82, 2.24) is 14.1 Å². The van der Waals surface area contributed by atoms with Gasteiger partial charge in [-0.3, -0.25) is 9.48 Å². The molecule has 1 aliphatic heterocycles. The first-order valence-corrected chi connectivity index (χ1v) is 10.6. The fourth-order valence-corrected chi connectivity index (χ4v) is 5.06. The molecule has 152 valence electrons. The first kappa shape index (κ1) is 20.5. The normalized spacial score (nSPS) is 15.6. The summed E-state index contributed by atoms with van der Waals surface area (Å²) in [5.74, 6) is -0.260. The Labute approximate surface area is 165 Å². The Balaban J connectivity index is 1.79. The molecular weight excluding hydrogens is 380 g/mol. The smallest absolute Gasteiger partial charge is 0.246 e. The zero-order valence-electron chi connectivity index (χ0n) is 16.7. The number of nitrogens with zero attached hydrogens (tertiary/aromatic N) is 3. The maximum Gasteiger partial charge on any atom is 0.246 e.